The monoisotopic (exact) mass is 340 g/mol. The third-order valence-corrected chi connectivity index (χ3v) is 3.92. The Bertz CT molecular complexity index is 573. The summed E-state index contributed by atoms with van der Waals surface area (Å²) in [6.45, 7) is 8.08. The molecule has 6 heteroatoms. The highest BCUT2D eigenvalue weighted by Gasteiger charge is 2.16. The number of anilines is 1. The number of amides is 2. The van der Waals surface area contributed by atoms with Gasteiger partial charge in [-0.15, -0.1) is 0 Å². The molecule has 0 saturated heterocycles. The molecule has 1 N–H and O–H groups in total. The maximum Gasteiger partial charge on any atom is 0.244 e. The Hall–Kier alpha value is -1.75. The number of carbonyl (C=O) groups excluding carboxylic acids is 2. The standard InChI is InChI=1S/C17H25ClN2O3/c1-11(2)6-7-20(13(4)21)10-17(22)19-15-8-12(3)14(18)9-16(15)23-5/h8-9,11H,6-7,10H2,1-5H3,(H,19,22). The molecule has 1 rings (SSSR count). The van der Waals surface area contributed by atoms with Crippen molar-refractivity contribution in [3.05, 3.63) is 22.7 Å². The zero-order valence-corrected chi connectivity index (χ0v) is 15.2. The van der Waals surface area contributed by atoms with Crippen molar-refractivity contribution in [3.63, 3.8) is 0 Å². The molecule has 0 heterocycles. The van der Waals surface area contributed by atoms with Gasteiger partial charge in [0.25, 0.3) is 0 Å². The SMILES string of the molecule is COc1cc(Cl)c(C)cc1NC(=O)CN(CCC(C)C)C(C)=O. The van der Waals surface area contributed by atoms with Crippen LogP contribution in [0.5, 0.6) is 5.75 Å². The number of aryl methyl sites for hydroxylation is 1. The smallest absolute Gasteiger partial charge is 0.244 e. The van der Waals surface area contributed by atoms with Crippen molar-refractivity contribution in [2.45, 2.75) is 34.1 Å². The summed E-state index contributed by atoms with van der Waals surface area (Å²) < 4.78 is 5.23. The second-order valence-corrected chi connectivity index (χ2v) is 6.38. The first-order chi connectivity index (χ1) is 10.7. The van der Waals surface area contributed by atoms with Gasteiger partial charge in [0, 0.05) is 24.6 Å². The van der Waals surface area contributed by atoms with E-state index in [1.165, 1.54) is 14.0 Å². The lowest BCUT2D eigenvalue weighted by molar-refractivity contribution is -0.132. The molecule has 5 nitrogen and oxygen atoms in total. The molecule has 1 aromatic carbocycles. The van der Waals surface area contributed by atoms with Crippen molar-refractivity contribution in [1.29, 1.82) is 0 Å². The minimum atomic E-state index is -0.260. The lowest BCUT2D eigenvalue weighted by Gasteiger charge is -2.22. The number of rotatable bonds is 7. The maximum absolute atomic E-state index is 12.2. The second-order valence-electron chi connectivity index (χ2n) is 5.97. The Morgan fingerprint density at radius 1 is 1.35 bits per heavy atom. The van der Waals surface area contributed by atoms with E-state index in [1.807, 2.05) is 6.92 Å². The molecule has 128 valence electrons. The molecule has 0 aliphatic rings. The van der Waals surface area contributed by atoms with Gasteiger partial charge in [-0.05, 0) is 30.9 Å². The van der Waals surface area contributed by atoms with Crippen molar-refractivity contribution in [2.75, 3.05) is 25.5 Å². The van der Waals surface area contributed by atoms with Crippen LogP contribution in [0.15, 0.2) is 12.1 Å². The molecule has 0 saturated carbocycles. The molecule has 0 fully saturated rings. The van der Waals surface area contributed by atoms with E-state index in [1.54, 1.807) is 17.0 Å². The predicted octanol–water partition coefficient (Wildman–Crippen LogP) is 3.49. The van der Waals surface area contributed by atoms with Gasteiger partial charge in [-0.1, -0.05) is 25.4 Å². The highest BCUT2D eigenvalue weighted by Crippen LogP contribution is 2.30. The molecule has 0 radical (unpaired) electrons. The maximum atomic E-state index is 12.2. The van der Waals surface area contributed by atoms with Gasteiger partial charge in [-0.3, -0.25) is 9.59 Å². The predicted molar refractivity (Wildman–Crippen MR) is 93.1 cm³/mol. The van der Waals surface area contributed by atoms with E-state index in [0.717, 1.165) is 12.0 Å². The highest BCUT2D eigenvalue weighted by molar-refractivity contribution is 6.31. The molecular formula is C17H25ClN2O3. The summed E-state index contributed by atoms with van der Waals surface area (Å²) in [4.78, 5) is 25.5. The lowest BCUT2D eigenvalue weighted by atomic mass is 10.1. The van der Waals surface area contributed by atoms with E-state index in [-0.39, 0.29) is 18.4 Å². The molecular weight excluding hydrogens is 316 g/mol. The number of nitrogens with zero attached hydrogens (tertiary/aromatic N) is 1. The minimum absolute atomic E-state index is 0.0207. The van der Waals surface area contributed by atoms with E-state index in [9.17, 15) is 9.59 Å². The van der Waals surface area contributed by atoms with Crippen LogP contribution in [-0.4, -0.2) is 36.9 Å². The highest BCUT2D eigenvalue weighted by atomic mass is 35.5. The van der Waals surface area contributed by atoms with Crippen LogP contribution in [0, 0.1) is 12.8 Å². The summed E-state index contributed by atoms with van der Waals surface area (Å²) in [5.74, 6) is 0.591. The fourth-order valence-corrected chi connectivity index (χ4v) is 2.21. The Morgan fingerprint density at radius 3 is 2.52 bits per heavy atom. The molecule has 1 aromatic rings. The summed E-state index contributed by atoms with van der Waals surface area (Å²) in [6, 6.07) is 3.42. The van der Waals surface area contributed by atoms with Crippen molar-refractivity contribution in [3.8, 4) is 5.75 Å². The van der Waals surface area contributed by atoms with Gasteiger partial charge in [0.15, 0.2) is 0 Å². The number of halogens is 1. The van der Waals surface area contributed by atoms with Gasteiger partial charge in [-0.2, -0.15) is 0 Å². The van der Waals surface area contributed by atoms with E-state index in [0.29, 0.717) is 28.9 Å². The molecule has 23 heavy (non-hydrogen) atoms. The first-order valence-electron chi connectivity index (χ1n) is 7.64. The Morgan fingerprint density at radius 2 is 2.00 bits per heavy atom. The fraction of sp³-hybridized carbons (Fsp3) is 0.529. The van der Waals surface area contributed by atoms with Crippen molar-refractivity contribution >= 4 is 29.1 Å². The van der Waals surface area contributed by atoms with E-state index in [4.69, 9.17) is 16.3 Å². The summed E-state index contributed by atoms with van der Waals surface area (Å²) >= 11 is 6.05. The molecule has 0 aromatic heterocycles. The second kappa shape index (κ2) is 8.77. The number of carbonyl (C=O) groups is 2. The van der Waals surface area contributed by atoms with Gasteiger partial charge in [0.2, 0.25) is 11.8 Å². The third kappa shape index (κ3) is 6.10. The number of hydrogen-bond donors (Lipinski definition) is 1. The van der Waals surface area contributed by atoms with Crippen LogP contribution in [0.25, 0.3) is 0 Å². The zero-order chi connectivity index (χ0) is 17.6. The first-order valence-corrected chi connectivity index (χ1v) is 8.01. The van der Waals surface area contributed by atoms with Crippen molar-refractivity contribution in [1.82, 2.24) is 4.90 Å². The summed E-state index contributed by atoms with van der Waals surface area (Å²) in [7, 11) is 1.52. The Kier molecular flexibility index (Phi) is 7.36. The van der Waals surface area contributed by atoms with Crippen LogP contribution in [-0.2, 0) is 9.59 Å². The van der Waals surface area contributed by atoms with E-state index >= 15 is 0 Å². The van der Waals surface area contributed by atoms with Crippen LogP contribution in [0.3, 0.4) is 0 Å². The topological polar surface area (TPSA) is 58.6 Å². The number of hydrogen-bond acceptors (Lipinski definition) is 3. The zero-order valence-electron chi connectivity index (χ0n) is 14.4. The van der Waals surface area contributed by atoms with Gasteiger partial charge in [0.05, 0.1) is 19.3 Å². The molecule has 2 amide bonds. The van der Waals surface area contributed by atoms with Crippen LogP contribution < -0.4 is 10.1 Å². The largest absolute Gasteiger partial charge is 0.495 e. The van der Waals surface area contributed by atoms with E-state index < -0.39 is 0 Å². The van der Waals surface area contributed by atoms with Crippen LogP contribution in [0.2, 0.25) is 5.02 Å². The molecule has 0 aliphatic heterocycles. The number of nitrogens with one attached hydrogen (secondary N) is 1. The molecule has 0 unspecified atom stereocenters. The summed E-state index contributed by atoms with van der Waals surface area (Å²) in [5.41, 5.74) is 1.39. The van der Waals surface area contributed by atoms with Gasteiger partial charge >= 0.3 is 0 Å². The molecule has 0 spiro atoms. The fourth-order valence-electron chi connectivity index (χ4n) is 2.05. The van der Waals surface area contributed by atoms with Crippen LogP contribution in [0.1, 0.15) is 32.8 Å². The molecule has 0 aliphatic carbocycles. The number of benzene rings is 1. The van der Waals surface area contributed by atoms with Crippen LogP contribution >= 0.6 is 11.6 Å². The number of ether oxygens (including phenoxy) is 1. The quantitative estimate of drug-likeness (QED) is 0.826. The lowest BCUT2D eigenvalue weighted by Crippen LogP contribution is -2.37. The average Bonchev–Trinajstić information content (AvgIpc) is 2.46. The Balaban J connectivity index is 2.78. The molecule has 0 bridgehead atoms. The van der Waals surface area contributed by atoms with Crippen LogP contribution in [0.4, 0.5) is 5.69 Å². The molecule has 0 atom stereocenters. The average molecular weight is 341 g/mol. The minimum Gasteiger partial charge on any atom is -0.495 e. The van der Waals surface area contributed by atoms with Gasteiger partial charge in [0.1, 0.15) is 5.75 Å². The van der Waals surface area contributed by atoms with Gasteiger partial charge < -0.3 is 15.0 Å². The third-order valence-electron chi connectivity index (χ3n) is 3.51. The van der Waals surface area contributed by atoms with Gasteiger partial charge in [-0.25, -0.2) is 0 Å². The van der Waals surface area contributed by atoms with E-state index in [2.05, 4.69) is 19.2 Å². The first kappa shape index (κ1) is 19.3. The summed E-state index contributed by atoms with van der Waals surface area (Å²) in [6.07, 6.45) is 0.857. The summed E-state index contributed by atoms with van der Waals surface area (Å²) in [5, 5.41) is 3.36. The number of methoxy groups -OCH3 is 1. The Labute approximate surface area is 142 Å². The normalized spacial score (nSPS) is 10.6. The van der Waals surface area contributed by atoms with Crippen molar-refractivity contribution in [2.24, 2.45) is 5.92 Å². The van der Waals surface area contributed by atoms with Crippen molar-refractivity contribution < 1.29 is 14.3 Å².